The molecular formula is C15H19ClO3. The van der Waals surface area contributed by atoms with Crippen molar-refractivity contribution in [2.24, 2.45) is 5.92 Å². The maximum Gasteiger partial charge on any atom is 0.308 e. The second-order valence-electron chi connectivity index (χ2n) is 4.54. The van der Waals surface area contributed by atoms with E-state index in [-0.39, 0.29) is 17.7 Å². The Labute approximate surface area is 118 Å². The van der Waals surface area contributed by atoms with Crippen molar-refractivity contribution in [2.45, 2.75) is 26.2 Å². The highest BCUT2D eigenvalue weighted by atomic mass is 35.5. The molecule has 0 N–H and O–H groups in total. The lowest BCUT2D eigenvalue weighted by molar-refractivity contribution is -0.144. The average molecular weight is 283 g/mol. The van der Waals surface area contributed by atoms with Gasteiger partial charge < -0.3 is 4.74 Å². The van der Waals surface area contributed by atoms with Gasteiger partial charge in [-0.3, -0.25) is 9.59 Å². The van der Waals surface area contributed by atoms with Crippen LogP contribution in [0.5, 0.6) is 0 Å². The maximum absolute atomic E-state index is 11.8. The standard InChI is InChI=1S/C15H19ClO3/c1-11(15(18)19-2)10-12-5-7-13(8-6-12)14(17)4-3-9-16/h5-8,11H,3-4,9-10H2,1-2H3. The number of carbonyl (C=O) groups excluding carboxylic acids is 2. The topological polar surface area (TPSA) is 43.4 Å². The summed E-state index contributed by atoms with van der Waals surface area (Å²) >= 11 is 5.56. The van der Waals surface area contributed by atoms with Crippen LogP contribution in [0.3, 0.4) is 0 Å². The predicted octanol–water partition coefficient (Wildman–Crippen LogP) is 3.24. The van der Waals surface area contributed by atoms with Gasteiger partial charge in [0.05, 0.1) is 13.0 Å². The fraction of sp³-hybridized carbons (Fsp3) is 0.467. The zero-order valence-corrected chi connectivity index (χ0v) is 12.1. The Bertz CT molecular complexity index is 426. The number of ketones is 1. The van der Waals surface area contributed by atoms with E-state index in [9.17, 15) is 9.59 Å². The number of hydrogen-bond acceptors (Lipinski definition) is 3. The third-order valence-corrected chi connectivity index (χ3v) is 3.23. The fourth-order valence-electron chi connectivity index (χ4n) is 1.84. The van der Waals surface area contributed by atoms with E-state index in [0.717, 1.165) is 5.56 Å². The molecule has 0 saturated heterocycles. The minimum Gasteiger partial charge on any atom is -0.469 e. The molecule has 0 spiro atoms. The van der Waals surface area contributed by atoms with Crippen LogP contribution in [0.25, 0.3) is 0 Å². The number of alkyl halides is 1. The normalized spacial score (nSPS) is 11.9. The molecule has 0 aliphatic rings. The summed E-state index contributed by atoms with van der Waals surface area (Å²) in [5.41, 5.74) is 1.71. The van der Waals surface area contributed by atoms with E-state index in [0.29, 0.717) is 30.7 Å². The molecular weight excluding hydrogens is 264 g/mol. The van der Waals surface area contributed by atoms with Gasteiger partial charge in [-0.2, -0.15) is 0 Å². The molecule has 0 aliphatic carbocycles. The molecule has 0 amide bonds. The second-order valence-corrected chi connectivity index (χ2v) is 4.92. The Morgan fingerprint density at radius 2 is 1.89 bits per heavy atom. The molecule has 4 heteroatoms. The van der Waals surface area contributed by atoms with Crippen molar-refractivity contribution >= 4 is 23.4 Å². The number of methoxy groups -OCH3 is 1. The van der Waals surface area contributed by atoms with Crippen molar-refractivity contribution in [3.05, 3.63) is 35.4 Å². The van der Waals surface area contributed by atoms with Gasteiger partial charge in [-0.15, -0.1) is 11.6 Å². The van der Waals surface area contributed by atoms with Gasteiger partial charge in [-0.1, -0.05) is 31.2 Å². The number of benzene rings is 1. The van der Waals surface area contributed by atoms with Crippen LogP contribution in [-0.2, 0) is 16.0 Å². The van der Waals surface area contributed by atoms with Gasteiger partial charge in [0, 0.05) is 17.9 Å². The van der Waals surface area contributed by atoms with Crippen LogP contribution in [0.2, 0.25) is 0 Å². The van der Waals surface area contributed by atoms with Crippen LogP contribution in [0.15, 0.2) is 24.3 Å². The predicted molar refractivity (Wildman–Crippen MR) is 75.6 cm³/mol. The Morgan fingerprint density at radius 1 is 1.26 bits per heavy atom. The summed E-state index contributed by atoms with van der Waals surface area (Å²) in [5.74, 6) is 0.207. The minimum atomic E-state index is -0.220. The summed E-state index contributed by atoms with van der Waals surface area (Å²) in [7, 11) is 1.39. The molecule has 1 aromatic carbocycles. The first-order valence-corrected chi connectivity index (χ1v) is 6.88. The molecule has 0 bridgehead atoms. The molecule has 0 aliphatic heterocycles. The number of hydrogen-bond donors (Lipinski definition) is 0. The van der Waals surface area contributed by atoms with Crippen LogP contribution in [0, 0.1) is 5.92 Å². The van der Waals surface area contributed by atoms with Crippen molar-refractivity contribution in [2.75, 3.05) is 13.0 Å². The van der Waals surface area contributed by atoms with Gasteiger partial charge in [-0.25, -0.2) is 0 Å². The largest absolute Gasteiger partial charge is 0.469 e. The second kappa shape index (κ2) is 7.95. The van der Waals surface area contributed by atoms with Crippen molar-refractivity contribution in [3.8, 4) is 0 Å². The molecule has 1 atom stereocenters. The number of ether oxygens (including phenoxy) is 1. The number of Topliss-reactive ketones (excluding diaryl/α,β-unsaturated/α-hetero) is 1. The van der Waals surface area contributed by atoms with E-state index >= 15 is 0 Å². The Kier molecular flexibility index (Phi) is 6.57. The van der Waals surface area contributed by atoms with Gasteiger partial charge in [0.25, 0.3) is 0 Å². The molecule has 1 rings (SSSR count). The molecule has 104 valence electrons. The van der Waals surface area contributed by atoms with Crippen molar-refractivity contribution in [1.82, 2.24) is 0 Å². The first kappa shape index (κ1) is 15.7. The smallest absolute Gasteiger partial charge is 0.308 e. The van der Waals surface area contributed by atoms with Gasteiger partial charge in [0.1, 0.15) is 0 Å². The van der Waals surface area contributed by atoms with Gasteiger partial charge in [0.15, 0.2) is 5.78 Å². The van der Waals surface area contributed by atoms with E-state index in [2.05, 4.69) is 4.74 Å². The summed E-state index contributed by atoms with van der Waals surface area (Å²) in [6.07, 6.45) is 1.78. The summed E-state index contributed by atoms with van der Waals surface area (Å²) in [4.78, 5) is 23.1. The lowest BCUT2D eigenvalue weighted by Gasteiger charge is -2.09. The van der Waals surface area contributed by atoms with E-state index in [1.54, 1.807) is 12.1 Å². The third kappa shape index (κ3) is 5.03. The highest BCUT2D eigenvalue weighted by Gasteiger charge is 2.14. The maximum atomic E-state index is 11.8. The zero-order valence-electron chi connectivity index (χ0n) is 11.3. The van der Waals surface area contributed by atoms with Crippen molar-refractivity contribution in [1.29, 1.82) is 0 Å². The lowest BCUT2D eigenvalue weighted by atomic mass is 9.98. The molecule has 0 heterocycles. The lowest BCUT2D eigenvalue weighted by Crippen LogP contribution is -2.15. The summed E-state index contributed by atoms with van der Waals surface area (Å²) in [5, 5.41) is 0. The van der Waals surface area contributed by atoms with Crippen LogP contribution in [0.4, 0.5) is 0 Å². The first-order valence-electron chi connectivity index (χ1n) is 6.34. The van der Waals surface area contributed by atoms with E-state index in [1.807, 2.05) is 19.1 Å². The number of esters is 1. The zero-order chi connectivity index (χ0) is 14.3. The monoisotopic (exact) mass is 282 g/mol. The average Bonchev–Trinajstić information content (AvgIpc) is 2.44. The van der Waals surface area contributed by atoms with E-state index in [1.165, 1.54) is 7.11 Å². The number of carbonyl (C=O) groups is 2. The number of rotatable bonds is 7. The molecule has 3 nitrogen and oxygen atoms in total. The van der Waals surface area contributed by atoms with Crippen LogP contribution in [0.1, 0.15) is 35.7 Å². The van der Waals surface area contributed by atoms with Gasteiger partial charge >= 0.3 is 5.97 Å². The molecule has 0 saturated carbocycles. The van der Waals surface area contributed by atoms with Crippen molar-refractivity contribution in [3.63, 3.8) is 0 Å². The molecule has 1 aromatic rings. The number of halogens is 1. The highest BCUT2D eigenvalue weighted by Crippen LogP contribution is 2.13. The molecule has 0 aromatic heterocycles. The minimum absolute atomic E-state index is 0.105. The molecule has 1 unspecified atom stereocenters. The fourth-order valence-corrected chi connectivity index (χ4v) is 1.97. The highest BCUT2D eigenvalue weighted by molar-refractivity contribution is 6.18. The Morgan fingerprint density at radius 3 is 2.42 bits per heavy atom. The van der Waals surface area contributed by atoms with Crippen LogP contribution >= 0.6 is 11.6 Å². The van der Waals surface area contributed by atoms with Crippen LogP contribution in [-0.4, -0.2) is 24.7 Å². The summed E-state index contributed by atoms with van der Waals surface area (Å²) in [6, 6.07) is 7.37. The Hall–Kier alpha value is -1.35. The summed E-state index contributed by atoms with van der Waals surface area (Å²) in [6.45, 7) is 1.82. The first-order chi connectivity index (χ1) is 9.08. The molecule has 0 fully saturated rings. The quantitative estimate of drug-likeness (QED) is 0.438. The SMILES string of the molecule is COC(=O)C(C)Cc1ccc(C(=O)CCCCl)cc1. The van der Waals surface area contributed by atoms with Gasteiger partial charge in [-0.05, 0) is 18.4 Å². The Balaban J connectivity index is 2.61. The van der Waals surface area contributed by atoms with Gasteiger partial charge in [0.2, 0.25) is 0 Å². The third-order valence-electron chi connectivity index (χ3n) is 2.96. The molecule has 0 radical (unpaired) electrons. The molecule has 19 heavy (non-hydrogen) atoms. The summed E-state index contributed by atoms with van der Waals surface area (Å²) < 4.78 is 4.68. The van der Waals surface area contributed by atoms with Crippen molar-refractivity contribution < 1.29 is 14.3 Å². The van der Waals surface area contributed by atoms with E-state index in [4.69, 9.17) is 11.6 Å². The van der Waals surface area contributed by atoms with Crippen LogP contribution < -0.4 is 0 Å². The van der Waals surface area contributed by atoms with E-state index < -0.39 is 0 Å².